The molecule has 0 aromatic heterocycles. The molecule has 0 radical (unpaired) electrons. The summed E-state index contributed by atoms with van der Waals surface area (Å²) in [5, 5.41) is 9.42. The van der Waals surface area contributed by atoms with E-state index < -0.39 is 0 Å². The first-order valence-electron chi connectivity index (χ1n) is 4.13. The second kappa shape index (κ2) is 4.27. The second-order valence-corrected chi connectivity index (χ2v) is 3.08. The van der Waals surface area contributed by atoms with Gasteiger partial charge in [0.15, 0.2) is 5.78 Å². The van der Waals surface area contributed by atoms with Crippen molar-refractivity contribution in [3.63, 3.8) is 0 Å². The van der Waals surface area contributed by atoms with Crippen LogP contribution in [0.2, 0.25) is 0 Å². The van der Waals surface area contributed by atoms with Gasteiger partial charge in [-0.2, -0.15) is 0 Å². The van der Waals surface area contributed by atoms with Crippen molar-refractivity contribution in [1.82, 2.24) is 0 Å². The molecular weight excluding hydrogens is 175 g/mol. The van der Waals surface area contributed by atoms with E-state index in [2.05, 4.69) is 0 Å². The molecule has 2 nitrogen and oxygen atoms in total. The molecular formula is C10H11NaO2. The maximum atomic E-state index is 11.3. The predicted molar refractivity (Wildman–Crippen MR) is 46.5 cm³/mol. The summed E-state index contributed by atoms with van der Waals surface area (Å²) >= 11 is 0. The summed E-state index contributed by atoms with van der Waals surface area (Å²) in [6.45, 7) is 0. The Morgan fingerprint density at radius 1 is 1.31 bits per heavy atom. The van der Waals surface area contributed by atoms with E-state index in [0.717, 1.165) is 18.4 Å². The summed E-state index contributed by atoms with van der Waals surface area (Å²) in [6, 6.07) is 5.14. The minimum Gasteiger partial charge on any atom is -1.00 e. The zero-order valence-electron chi connectivity index (χ0n) is 8.71. The fourth-order valence-electron chi connectivity index (χ4n) is 1.66. The minimum absolute atomic E-state index is 0. The first-order chi connectivity index (χ1) is 5.79. The van der Waals surface area contributed by atoms with Crippen molar-refractivity contribution < 1.29 is 40.9 Å². The summed E-state index contributed by atoms with van der Waals surface area (Å²) in [5.41, 5.74) is 1.54. The summed E-state index contributed by atoms with van der Waals surface area (Å²) < 4.78 is 0. The van der Waals surface area contributed by atoms with Crippen LogP contribution in [0.5, 0.6) is 5.75 Å². The molecule has 2 rings (SSSR count). The number of hydrogen-bond donors (Lipinski definition) is 1. The van der Waals surface area contributed by atoms with Crippen LogP contribution in [-0.2, 0) is 6.42 Å². The van der Waals surface area contributed by atoms with Gasteiger partial charge in [0.25, 0.3) is 0 Å². The molecule has 0 fully saturated rings. The van der Waals surface area contributed by atoms with Crippen LogP contribution in [0.25, 0.3) is 0 Å². The number of benzene rings is 1. The van der Waals surface area contributed by atoms with Gasteiger partial charge in [-0.25, -0.2) is 0 Å². The molecule has 1 N–H and O–H groups in total. The van der Waals surface area contributed by atoms with Gasteiger partial charge in [-0.3, -0.25) is 4.79 Å². The third-order valence-electron chi connectivity index (χ3n) is 2.28. The Morgan fingerprint density at radius 2 is 2.08 bits per heavy atom. The molecule has 0 unspecified atom stereocenters. The zero-order valence-corrected chi connectivity index (χ0v) is 9.71. The molecule has 0 spiro atoms. The number of rotatable bonds is 0. The van der Waals surface area contributed by atoms with Gasteiger partial charge in [0.1, 0.15) is 5.75 Å². The average Bonchev–Trinajstić information content (AvgIpc) is 2.07. The van der Waals surface area contributed by atoms with E-state index in [-0.39, 0.29) is 42.5 Å². The summed E-state index contributed by atoms with van der Waals surface area (Å²) in [6.07, 6.45) is 2.31. The molecule has 0 saturated heterocycles. The molecule has 1 aromatic rings. The quantitative estimate of drug-likeness (QED) is 0.529. The topological polar surface area (TPSA) is 37.3 Å². The number of phenols is 1. The average molecular weight is 186 g/mol. The molecule has 1 aliphatic rings. The first kappa shape index (κ1) is 10.8. The second-order valence-electron chi connectivity index (χ2n) is 3.08. The Balaban J connectivity index is 0.000000845. The summed E-state index contributed by atoms with van der Waals surface area (Å²) in [7, 11) is 0. The van der Waals surface area contributed by atoms with Crippen molar-refractivity contribution in [1.29, 1.82) is 0 Å². The Bertz CT molecular complexity index is 339. The van der Waals surface area contributed by atoms with E-state index in [0.29, 0.717) is 12.0 Å². The Kier molecular flexibility index (Phi) is 3.54. The summed E-state index contributed by atoms with van der Waals surface area (Å²) in [4.78, 5) is 11.3. The van der Waals surface area contributed by atoms with E-state index in [1.54, 1.807) is 18.2 Å². The standard InChI is InChI=1S/C10H10O2.Na.H/c11-9-5-1-3-7-8(9)4-2-6-10(7)12;;/h1,3,5,11H,2,4,6H2;;/q;+1;-1. The van der Waals surface area contributed by atoms with Crippen molar-refractivity contribution in [2.45, 2.75) is 19.3 Å². The van der Waals surface area contributed by atoms with E-state index in [1.165, 1.54) is 0 Å². The molecule has 13 heavy (non-hydrogen) atoms. The first-order valence-corrected chi connectivity index (χ1v) is 4.13. The van der Waals surface area contributed by atoms with Crippen LogP contribution < -0.4 is 29.6 Å². The van der Waals surface area contributed by atoms with Crippen LogP contribution in [0.4, 0.5) is 0 Å². The fourth-order valence-corrected chi connectivity index (χ4v) is 1.66. The third kappa shape index (κ3) is 1.96. The van der Waals surface area contributed by atoms with Crippen LogP contribution in [0, 0.1) is 0 Å². The van der Waals surface area contributed by atoms with Gasteiger partial charge in [0.2, 0.25) is 0 Å². The van der Waals surface area contributed by atoms with Crippen LogP contribution in [-0.4, -0.2) is 10.9 Å². The minimum atomic E-state index is 0. The van der Waals surface area contributed by atoms with Crippen LogP contribution in [0.3, 0.4) is 0 Å². The fraction of sp³-hybridized carbons (Fsp3) is 0.300. The molecule has 0 aliphatic heterocycles. The van der Waals surface area contributed by atoms with Crippen LogP contribution >= 0.6 is 0 Å². The van der Waals surface area contributed by atoms with Crippen molar-refractivity contribution in [3.05, 3.63) is 29.3 Å². The molecule has 64 valence electrons. The molecule has 0 saturated carbocycles. The monoisotopic (exact) mass is 186 g/mol. The van der Waals surface area contributed by atoms with Gasteiger partial charge >= 0.3 is 29.6 Å². The molecule has 0 amide bonds. The maximum absolute atomic E-state index is 11.3. The van der Waals surface area contributed by atoms with Crippen LogP contribution in [0.1, 0.15) is 30.2 Å². The number of Topliss-reactive ketones (excluding diaryl/α,β-unsaturated/α-hetero) is 1. The van der Waals surface area contributed by atoms with E-state index in [4.69, 9.17) is 0 Å². The zero-order chi connectivity index (χ0) is 8.55. The smallest absolute Gasteiger partial charge is 1.00 e. The van der Waals surface area contributed by atoms with Gasteiger partial charge < -0.3 is 6.53 Å². The summed E-state index contributed by atoms with van der Waals surface area (Å²) in [5.74, 6) is 0.424. The number of carbonyl (C=O) groups excluding carboxylic acids is 1. The van der Waals surface area contributed by atoms with Crippen molar-refractivity contribution in [2.24, 2.45) is 0 Å². The van der Waals surface area contributed by atoms with Crippen molar-refractivity contribution >= 4 is 5.78 Å². The van der Waals surface area contributed by atoms with Gasteiger partial charge in [-0.05, 0) is 18.9 Å². The Morgan fingerprint density at radius 3 is 2.77 bits per heavy atom. The number of ketones is 1. The Labute approximate surface area is 101 Å². The van der Waals surface area contributed by atoms with Crippen LogP contribution in [0.15, 0.2) is 18.2 Å². The van der Waals surface area contributed by atoms with Crippen molar-refractivity contribution in [3.8, 4) is 5.75 Å². The molecule has 3 heteroatoms. The predicted octanol–water partition coefficient (Wildman–Crippen LogP) is -0.972. The Hall–Kier alpha value is -0.310. The molecule has 0 heterocycles. The van der Waals surface area contributed by atoms with Gasteiger partial charge in [-0.1, -0.05) is 12.1 Å². The number of phenolic OH excluding ortho intramolecular Hbond substituents is 1. The maximum Gasteiger partial charge on any atom is 1.00 e. The largest absolute Gasteiger partial charge is 1.00 e. The van der Waals surface area contributed by atoms with Gasteiger partial charge in [-0.15, -0.1) is 0 Å². The normalized spacial score (nSPS) is 14.6. The number of carbonyl (C=O) groups is 1. The number of hydrogen-bond acceptors (Lipinski definition) is 2. The van der Waals surface area contributed by atoms with E-state index >= 15 is 0 Å². The van der Waals surface area contributed by atoms with E-state index in [1.807, 2.05) is 0 Å². The molecule has 0 atom stereocenters. The van der Waals surface area contributed by atoms with Crippen molar-refractivity contribution in [2.75, 3.05) is 0 Å². The number of aromatic hydroxyl groups is 1. The SMILES string of the molecule is O=C1CCCc2c(O)cccc21.[H-].[Na+]. The molecule has 1 aromatic carbocycles. The van der Waals surface area contributed by atoms with E-state index in [9.17, 15) is 9.90 Å². The molecule has 0 bridgehead atoms. The molecule has 1 aliphatic carbocycles. The third-order valence-corrected chi connectivity index (χ3v) is 2.28. The number of fused-ring (bicyclic) bond motifs is 1. The van der Waals surface area contributed by atoms with Gasteiger partial charge in [0, 0.05) is 17.5 Å². The van der Waals surface area contributed by atoms with Gasteiger partial charge in [0.05, 0.1) is 0 Å².